The van der Waals surface area contributed by atoms with E-state index >= 15 is 0 Å². The molecule has 0 bridgehead atoms. The second-order valence-electron chi connectivity index (χ2n) is 12.3. The summed E-state index contributed by atoms with van der Waals surface area (Å²) in [4.78, 5) is 43.0. The molecule has 2 atom stereocenters. The molecule has 2 N–H and O–H groups in total. The minimum Gasteiger partial charge on any atom is -0.444 e. The van der Waals surface area contributed by atoms with E-state index in [-0.39, 0.29) is 17.7 Å². The van der Waals surface area contributed by atoms with Crippen LogP contribution in [0.3, 0.4) is 0 Å². The van der Waals surface area contributed by atoms with E-state index in [2.05, 4.69) is 24.5 Å². The van der Waals surface area contributed by atoms with Crippen LogP contribution in [0.15, 0.2) is 42.5 Å². The Hall–Kier alpha value is -3.35. The van der Waals surface area contributed by atoms with Crippen molar-refractivity contribution in [1.29, 1.82) is 0 Å². The summed E-state index contributed by atoms with van der Waals surface area (Å²) in [6, 6.07) is 12.1. The lowest BCUT2D eigenvalue weighted by atomic mass is 9.97. The summed E-state index contributed by atoms with van der Waals surface area (Å²) < 4.78 is 5.50. The summed E-state index contributed by atoms with van der Waals surface area (Å²) in [5, 5.41) is 5.96. The zero-order chi connectivity index (χ0) is 30.7. The normalized spacial score (nSPS) is 12.9. The largest absolute Gasteiger partial charge is 0.444 e. The van der Waals surface area contributed by atoms with Crippen LogP contribution in [0.4, 0.5) is 10.5 Å². The van der Waals surface area contributed by atoms with Crippen LogP contribution < -0.4 is 10.6 Å². The Kier molecular flexibility index (Phi) is 12.9. The van der Waals surface area contributed by atoms with E-state index in [4.69, 9.17) is 4.74 Å². The van der Waals surface area contributed by atoms with Gasteiger partial charge < -0.3 is 20.3 Å². The van der Waals surface area contributed by atoms with Gasteiger partial charge in [0.05, 0.1) is 0 Å². The molecule has 0 radical (unpaired) electrons. The minimum absolute atomic E-state index is 0.127. The molecule has 0 heterocycles. The lowest BCUT2D eigenvalue weighted by molar-refractivity contribution is -0.141. The molecule has 0 spiro atoms. The summed E-state index contributed by atoms with van der Waals surface area (Å²) >= 11 is 0. The van der Waals surface area contributed by atoms with Gasteiger partial charge in [0.25, 0.3) is 5.91 Å². The third kappa shape index (κ3) is 10.5. The Labute approximate surface area is 247 Å². The van der Waals surface area contributed by atoms with Gasteiger partial charge in [-0.05, 0) is 82.1 Å². The standard InChI is InChI=1S/C34H51N3O4/c1-10-12-13-21-37(32(39)28(22-23(3)4)35-33(40)41-34(7,8)9)30(27-19-17-26(11-2)18-20-27)31(38)36-29-24(5)15-14-16-25(29)6/h14-20,23,28,30H,10-13,21-22H2,1-9H3,(H,35,40)(H,36,38). The average Bonchev–Trinajstić information content (AvgIpc) is 2.88. The number of nitrogens with one attached hydrogen (secondary N) is 2. The Bertz CT molecular complexity index is 1130. The summed E-state index contributed by atoms with van der Waals surface area (Å²) in [6.45, 7) is 17.9. The van der Waals surface area contributed by atoms with Crippen LogP contribution in [0.2, 0.25) is 0 Å². The fourth-order valence-electron chi connectivity index (χ4n) is 4.85. The number of unbranched alkanes of at least 4 members (excludes halogenated alkanes) is 2. The van der Waals surface area contributed by atoms with Gasteiger partial charge in [-0.3, -0.25) is 9.59 Å². The number of hydrogen-bond donors (Lipinski definition) is 2. The highest BCUT2D eigenvalue weighted by Crippen LogP contribution is 2.28. The summed E-state index contributed by atoms with van der Waals surface area (Å²) in [6.07, 6.45) is 3.27. The second-order valence-corrected chi connectivity index (χ2v) is 12.3. The number of carbonyl (C=O) groups is 3. The molecule has 0 aliphatic rings. The van der Waals surface area contributed by atoms with Gasteiger partial charge in [0, 0.05) is 12.2 Å². The van der Waals surface area contributed by atoms with Crippen LogP contribution in [-0.4, -0.2) is 41.0 Å². The maximum absolute atomic E-state index is 14.4. The summed E-state index contributed by atoms with van der Waals surface area (Å²) in [5.74, 6) is -0.443. The molecule has 0 saturated heterocycles. The number of alkyl carbamates (subject to hydrolysis) is 1. The van der Waals surface area contributed by atoms with Gasteiger partial charge in [-0.25, -0.2) is 4.79 Å². The van der Waals surface area contributed by atoms with Crippen LogP contribution in [0.1, 0.15) is 102 Å². The zero-order valence-electron chi connectivity index (χ0n) is 26.6. The van der Waals surface area contributed by atoms with Crippen LogP contribution >= 0.6 is 0 Å². The van der Waals surface area contributed by atoms with Crippen molar-refractivity contribution in [3.05, 3.63) is 64.7 Å². The van der Waals surface area contributed by atoms with Crippen LogP contribution in [-0.2, 0) is 20.7 Å². The maximum atomic E-state index is 14.4. The maximum Gasteiger partial charge on any atom is 0.408 e. The number of aryl methyl sites for hydroxylation is 3. The third-order valence-corrected chi connectivity index (χ3v) is 6.97. The van der Waals surface area contributed by atoms with E-state index < -0.39 is 23.8 Å². The fourth-order valence-corrected chi connectivity index (χ4v) is 4.85. The van der Waals surface area contributed by atoms with Crippen molar-refractivity contribution in [2.45, 2.75) is 112 Å². The first kappa shape index (κ1) is 33.9. The molecule has 2 aromatic rings. The van der Waals surface area contributed by atoms with Gasteiger partial charge in [0.1, 0.15) is 17.7 Å². The summed E-state index contributed by atoms with van der Waals surface area (Å²) in [5.41, 5.74) is 3.83. The van der Waals surface area contributed by atoms with E-state index in [1.807, 2.05) is 70.2 Å². The number of rotatable bonds is 13. The smallest absolute Gasteiger partial charge is 0.408 e. The van der Waals surface area contributed by atoms with E-state index in [1.165, 1.54) is 0 Å². The summed E-state index contributed by atoms with van der Waals surface area (Å²) in [7, 11) is 0. The zero-order valence-corrected chi connectivity index (χ0v) is 26.6. The predicted molar refractivity (Wildman–Crippen MR) is 167 cm³/mol. The molecule has 2 aromatic carbocycles. The molecule has 0 aromatic heterocycles. The molecular formula is C34H51N3O4. The lowest BCUT2D eigenvalue weighted by Gasteiger charge is -2.35. The molecule has 41 heavy (non-hydrogen) atoms. The van der Waals surface area contributed by atoms with Gasteiger partial charge in [-0.1, -0.05) is 83.0 Å². The van der Waals surface area contributed by atoms with Gasteiger partial charge in [-0.2, -0.15) is 0 Å². The number of nitrogens with zero attached hydrogens (tertiary/aromatic N) is 1. The molecule has 0 saturated carbocycles. The highest BCUT2D eigenvalue weighted by Gasteiger charge is 2.36. The topological polar surface area (TPSA) is 87.7 Å². The van der Waals surface area contributed by atoms with Crippen LogP contribution in [0.5, 0.6) is 0 Å². The predicted octanol–water partition coefficient (Wildman–Crippen LogP) is 7.50. The molecule has 7 heteroatoms. The number of anilines is 1. The van der Waals surface area contributed by atoms with Crippen molar-refractivity contribution < 1.29 is 19.1 Å². The first-order valence-corrected chi connectivity index (χ1v) is 15.0. The Balaban J connectivity index is 2.59. The molecule has 7 nitrogen and oxygen atoms in total. The van der Waals surface area contributed by atoms with E-state index in [9.17, 15) is 14.4 Å². The van der Waals surface area contributed by atoms with Crippen molar-refractivity contribution in [3.63, 3.8) is 0 Å². The van der Waals surface area contributed by atoms with Crippen LogP contribution in [0.25, 0.3) is 0 Å². The second kappa shape index (κ2) is 15.6. The molecule has 0 aliphatic heterocycles. The molecule has 3 amide bonds. The molecule has 0 aliphatic carbocycles. The minimum atomic E-state index is -0.876. The Morgan fingerprint density at radius 2 is 1.54 bits per heavy atom. The van der Waals surface area contributed by atoms with E-state index in [0.717, 1.165) is 53.6 Å². The highest BCUT2D eigenvalue weighted by atomic mass is 16.6. The van der Waals surface area contributed by atoms with Gasteiger partial charge in [0.2, 0.25) is 5.91 Å². The number of para-hydroxylation sites is 1. The fraction of sp³-hybridized carbons (Fsp3) is 0.559. The first-order chi connectivity index (χ1) is 19.3. The lowest BCUT2D eigenvalue weighted by Crippen LogP contribution is -2.53. The van der Waals surface area contributed by atoms with Crippen LogP contribution in [0, 0.1) is 19.8 Å². The Morgan fingerprint density at radius 3 is 2.05 bits per heavy atom. The number of hydrogen-bond acceptors (Lipinski definition) is 4. The first-order valence-electron chi connectivity index (χ1n) is 15.0. The molecular weight excluding hydrogens is 514 g/mol. The number of ether oxygens (including phenoxy) is 1. The van der Waals surface area contributed by atoms with Gasteiger partial charge in [0.15, 0.2) is 0 Å². The van der Waals surface area contributed by atoms with Crippen molar-refractivity contribution in [2.24, 2.45) is 5.92 Å². The van der Waals surface area contributed by atoms with E-state index in [1.54, 1.807) is 25.7 Å². The van der Waals surface area contributed by atoms with E-state index in [0.29, 0.717) is 13.0 Å². The third-order valence-electron chi connectivity index (χ3n) is 6.97. The van der Waals surface area contributed by atoms with Crippen molar-refractivity contribution >= 4 is 23.6 Å². The van der Waals surface area contributed by atoms with Crippen molar-refractivity contribution in [3.8, 4) is 0 Å². The molecule has 0 fully saturated rings. The number of amides is 3. The highest BCUT2D eigenvalue weighted by molar-refractivity contribution is 5.99. The molecule has 226 valence electrons. The number of benzene rings is 2. The number of carbonyl (C=O) groups excluding carboxylic acids is 3. The SMILES string of the molecule is CCCCCN(C(=O)C(CC(C)C)NC(=O)OC(C)(C)C)C(C(=O)Nc1c(C)cccc1C)c1ccc(CC)cc1. The molecule has 2 unspecified atom stereocenters. The Morgan fingerprint density at radius 1 is 0.927 bits per heavy atom. The van der Waals surface area contributed by atoms with Crippen molar-refractivity contribution in [2.75, 3.05) is 11.9 Å². The average molecular weight is 566 g/mol. The quantitative estimate of drug-likeness (QED) is 0.246. The monoisotopic (exact) mass is 565 g/mol. The van der Waals surface area contributed by atoms with Gasteiger partial charge >= 0.3 is 6.09 Å². The molecule has 2 rings (SSSR count). The van der Waals surface area contributed by atoms with Crippen molar-refractivity contribution in [1.82, 2.24) is 10.2 Å². The van der Waals surface area contributed by atoms with Gasteiger partial charge in [-0.15, -0.1) is 0 Å².